The summed E-state index contributed by atoms with van der Waals surface area (Å²) in [6, 6.07) is 2.69. The van der Waals surface area contributed by atoms with Crippen LogP contribution in [0.4, 0.5) is 0 Å². The van der Waals surface area contributed by atoms with Crippen molar-refractivity contribution in [2.24, 2.45) is 0 Å². The molecule has 0 radical (unpaired) electrons. The van der Waals surface area contributed by atoms with E-state index in [-0.39, 0.29) is 6.04 Å². The van der Waals surface area contributed by atoms with Gasteiger partial charge in [-0.3, -0.25) is 5.32 Å². The Balaban J connectivity index is 3.60. The molecule has 0 rings (SSSR count). The largest absolute Gasteiger partial charge is 0.299 e. The monoisotopic (exact) mass is 154 g/mol. The SMILES string of the molecule is CCCC(CC)NC(C)C#N. The van der Waals surface area contributed by atoms with Crippen LogP contribution >= 0.6 is 0 Å². The van der Waals surface area contributed by atoms with E-state index in [9.17, 15) is 0 Å². The zero-order chi connectivity index (χ0) is 8.69. The highest BCUT2D eigenvalue weighted by atomic mass is 14.9. The van der Waals surface area contributed by atoms with Gasteiger partial charge in [-0.2, -0.15) is 5.26 Å². The van der Waals surface area contributed by atoms with Gasteiger partial charge in [0.1, 0.15) is 0 Å². The number of hydrogen-bond donors (Lipinski definition) is 1. The molecule has 64 valence electrons. The van der Waals surface area contributed by atoms with Gasteiger partial charge in [-0.1, -0.05) is 20.3 Å². The summed E-state index contributed by atoms with van der Waals surface area (Å²) in [7, 11) is 0. The highest BCUT2D eigenvalue weighted by Crippen LogP contribution is 2.01. The minimum absolute atomic E-state index is 0.00787. The fraction of sp³-hybridized carbons (Fsp3) is 0.889. The summed E-state index contributed by atoms with van der Waals surface area (Å²) in [5.41, 5.74) is 0. The van der Waals surface area contributed by atoms with Gasteiger partial charge in [-0.05, 0) is 19.8 Å². The average molecular weight is 154 g/mol. The van der Waals surface area contributed by atoms with Crippen molar-refractivity contribution in [1.82, 2.24) is 5.32 Å². The first-order valence-electron chi connectivity index (χ1n) is 4.40. The Bertz CT molecular complexity index is 126. The Hall–Kier alpha value is -0.550. The van der Waals surface area contributed by atoms with Crippen LogP contribution in [0, 0.1) is 11.3 Å². The summed E-state index contributed by atoms with van der Waals surface area (Å²) < 4.78 is 0. The van der Waals surface area contributed by atoms with Crippen LogP contribution in [0.2, 0.25) is 0 Å². The van der Waals surface area contributed by atoms with Gasteiger partial charge in [0.15, 0.2) is 0 Å². The predicted molar refractivity (Wildman–Crippen MR) is 47.2 cm³/mol. The Kier molecular flexibility index (Phi) is 5.87. The lowest BCUT2D eigenvalue weighted by atomic mass is 10.1. The number of nitrogens with zero attached hydrogens (tertiary/aromatic N) is 1. The molecule has 0 bridgehead atoms. The Morgan fingerprint density at radius 2 is 2.09 bits per heavy atom. The standard InChI is InChI=1S/C9H18N2/c1-4-6-9(5-2)11-8(3)7-10/h8-9,11H,4-6H2,1-3H3. The summed E-state index contributed by atoms with van der Waals surface area (Å²) in [5, 5.41) is 11.8. The third-order valence-electron chi connectivity index (χ3n) is 1.81. The summed E-state index contributed by atoms with van der Waals surface area (Å²) in [5.74, 6) is 0. The van der Waals surface area contributed by atoms with Crippen LogP contribution in [0.5, 0.6) is 0 Å². The van der Waals surface area contributed by atoms with Gasteiger partial charge in [0.2, 0.25) is 0 Å². The van der Waals surface area contributed by atoms with Crippen LogP contribution in [-0.2, 0) is 0 Å². The van der Waals surface area contributed by atoms with E-state index in [4.69, 9.17) is 5.26 Å². The molecule has 0 spiro atoms. The molecule has 0 saturated heterocycles. The predicted octanol–water partition coefficient (Wildman–Crippen LogP) is 2.07. The van der Waals surface area contributed by atoms with Gasteiger partial charge in [0.05, 0.1) is 12.1 Å². The first kappa shape index (κ1) is 10.4. The normalized spacial score (nSPS) is 15.5. The molecule has 2 nitrogen and oxygen atoms in total. The van der Waals surface area contributed by atoms with E-state index in [1.807, 2.05) is 6.92 Å². The van der Waals surface area contributed by atoms with Crippen LogP contribution in [0.3, 0.4) is 0 Å². The second kappa shape index (κ2) is 6.18. The fourth-order valence-electron chi connectivity index (χ4n) is 1.14. The van der Waals surface area contributed by atoms with E-state index in [2.05, 4.69) is 25.2 Å². The lowest BCUT2D eigenvalue weighted by Crippen LogP contribution is -2.34. The molecule has 2 atom stereocenters. The Labute approximate surface area is 69.6 Å². The molecule has 0 aromatic carbocycles. The molecule has 1 N–H and O–H groups in total. The second-order valence-electron chi connectivity index (χ2n) is 2.91. The van der Waals surface area contributed by atoms with Gasteiger partial charge in [0, 0.05) is 6.04 Å². The van der Waals surface area contributed by atoms with E-state index in [0.717, 1.165) is 6.42 Å². The van der Waals surface area contributed by atoms with E-state index in [1.54, 1.807) is 0 Å². The molecule has 11 heavy (non-hydrogen) atoms. The van der Waals surface area contributed by atoms with Crippen molar-refractivity contribution in [3.05, 3.63) is 0 Å². The maximum absolute atomic E-state index is 8.53. The van der Waals surface area contributed by atoms with Crippen LogP contribution < -0.4 is 5.32 Å². The minimum Gasteiger partial charge on any atom is -0.299 e. The molecule has 0 aliphatic heterocycles. The fourth-order valence-corrected chi connectivity index (χ4v) is 1.14. The number of nitriles is 1. The molecule has 0 aromatic rings. The third kappa shape index (κ3) is 4.80. The minimum atomic E-state index is -0.00787. The molecule has 0 fully saturated rings. The quantitative estimate of drug-likeness (QED) is 0.658. The maximum atomic E-state index is 8.53. The first-order valence-corrected chi connectivity index (χ1v) is 4.40. The van der Waals surface area contributed by atoms with Crippen molar-refractivity contribution in [1.29, 1.82) is 5.26 Å². The first-order chi connectivity index (χ1) is 5.24. The summed E-state index contributed by atoms with van der Waals surface area (Å²) in [4.78, 5) is 0. The molecule has 0 amide bonds. The van der Waals surface area contributed by atoms with Crippen molar-refractivity contribution in [2.75, 3.05) is 0 Å². The molecular weight excluding hydrogens is 136 g/mol. The lowest BCUT2D eigenvalue weighted by Gasteiger charge is -2.16. The van der Waals surface area contributed by atoms with Crippen LogP contribution in [-0.4, -0.2) is 12.1 Å². The molecular formula is C9H18N2. The zero-order valence-electron chi connectivity index (χ0n) is 7.72. The van der Waals surface area contributed by atoms with Gasteiger partial charge in [-0.15, -0.1) is 0 Å². The summed E-state index contributed by atoms with van der Waals surface area (Å²) in [6.07, 6.45) is 3.46. The topological polar surface area (TPSA) is 35.8 Å². The average Bonchev–Trinajstić information content (AvgIpc) is 2.03. The zero-order valence-corrected chi connectivity index (χ0v) is 7.72. The molecule has 0 aromatic heterocycles. The Morgan fingerprint density at radius 3 is 2.45 bits per heavy atom. The van der Waals surface area contributed by atoms with Crippen LogP contribution in [0.15, 0.2) is 0 Å². The number of hydrogen-bond acceptors (Lipinski definition) is 2. The molecule has 0 aliphatic carbocycles. The summed E-state index contributed by atoms with van der Waals surface area (Å²) in [6.45, 7) is 6.22. The summed E-state index contributed by atoms with van der Waals surface area (Å²) >= 11 is 0. The number of nitrogens with one attached hydrogen (secondary N) is 1. The van der Waals surface area contributed by atoms with Gasteiger partial charge in [-0.25, -0.2) is 0 Å². The molecule has 0 heterocycles. The van der Waals surface area contributed by atoms with Crippen LogP contribution in [0.1, 0.15) is 40.0 Å². The van der Waals surface area contributed by atoms with E-state index < -0.39 is 0 Å². The highest BCUT2D eigenvalue weighted by molar-refractivity contribution is 4.87. The molecule has 2 unspecified atom stereocenters. The molecule has 0 saturated carbocycles. The van der Waals surface area contributed by atoms with Crippen molar-refractivity contribution >= 4 is 0 Å². The van der Waals surface area contributed by atoms with Gasteiger partial charge in [0.25, 0.3) is 0 Å². The van der Waals surface area contributed by atoms with E-state index >= 15 is 0 Å². The maximum Gasteiger partial charge on any atom is 0.0926 e. The van der Waals surface area contributed by atoms with Gasteiger partial charge < -0.3 is 0 Å². The molecule has 2 heteroatoms. The lowest BCUT2D eigenvalue weighted by molar-refractivity contribution is 0.446. The smallest absolute Gasteiger partial charge is 0.0926 e. The molecule has 0 aliphatic rings. The van der Waals surface area contributed by atoms with Crippen LogP contribution in [0.25, 0.3) is 0 Å². The Morgan fingerprint density at radius 1 is 1.45 bits per heavy atom. The number of rotatable bonds is 5. The van der Waals surface area contributed by atoms with Crippen molar-refractivity contribution in [2.45, 2.75) is 52.1 Å². The second-order valence-corrected chi connectivity index (χ2v) is 2.91. The van der Waals surface area contributed by atoms with E-state index in [0.29, 0.717) is 6.04 Å². The van der Waals surface area contributed by atoms with Crippen molar-refractivity contribution in [3.8, 4) is 6.07 Å². The van der Waals surface area contributed by atoms with Crippen molar-refractivity contribution in [3.63, 3.8) is 0 Å². The highest BCUT2D eigenvalue weighted by Gasteiger charge is 2.07. The van der Waals surface area contributed by atoms with Crippen molar-refractivity contribution < 1.29 is 0 Å². The van der Waals surface area contributed by atoms with E-state index in [1.165, 1.54) is 12.8 Å². The third-order valence-corrected chi connectivity index (χ3v) is 1.81. The van der Waals surface area contributed by atoms with Gasteiger partial charge >= 0.3 is 0 Å².